The molecular formula is C93H182O17P2. The number of aliphatic hydroxyl groups excluding tert-OH is 1. The first kappa shape index (κ1) is 110. The number of hydrogen-bond donors (Lipinski definition) is 3. The normalized spacial score (nSPS) is 14.0. The number of hydrogen-bond acceptors (Lipinski definition) is 15. The lowest BCUT2D eigenvalue weighted by Crippen LogP contribution is -2.30. The summed E-state index contributed by atoms with van der Waals surface area (Å²) < 4.78 is 69.1. The highest BCUT2D eigenvalue weighted by Crippen LogP contribution is 2.45. The summed E-state index contributed by atoms with van der Waals surface area (Å²) in [6.07, 6.45) is 76.5. The molecule has 666 valence electrons. The lowest BCUT2D eigenvalue weighted by atomic mass is 9.99. The van der Waals surface area contributed by atoms with Crippen LogP contribution in [0.1, 0.15) is 498 Å². The molecule has 3 N–H and O–H groups in total. The van der Waals surface area contributed by atoms with Gasteiger partial charge in [0.25, 0.3) is 0 Å². The predicted octanol–water partition coefficient (Wildman–Crippen LogP) is 28.8. The largest absolute Gasteiger partial charge is 0.472 e. The molecule has 0 aliphatic rings. The van der Waals surface area contributed by atoms with E-state index >= 15 is 0 Å². The van der Waals surface area contributed by atoms with Crippen LogP contribution in [0.3, 0.4) is 0 Å². The van der Waals surface area contributed by atoms with Gasteiger partial charge in [-0.25, -0.2) is 9.13 Å². The maximum absolute atomic E-state index is 13.2. The van der Waals surface area contributed by atoms with Gasteiger partial charge in [0.05, 0.1) is 26.4 Å². The van der Waals surface area contributed by atoms with Crippen molar-refractivity contribution < 1.29 is 80.2 Å². The fourth-order valence-electron chi connectivity index (χ4n) is 14.6. The Morgan fingerprint density at radius 2 is 0.455 bits per heavy atom. The molecule has 0 rings (SSSR count). The van der Waals surface area contributed by atoms with Crippen molar-refractivity contribution in [3.8, 4) is 0 Å². The number of unbranched alkanes of at least 4 members (excludes halogenated alkanes) is 58. The molecule has 112 heavy (non-hydrogen) atoms. The van der Waals surface area contributed by atoms with Crippen LogP contribution in [-0.2, 0) is 65.4 Å². The predicted molar refractivity (Wildman–Crippen MR) is 465 cm³/mol. The number of carbonyl (C=O) groups is 4. The molecule has 3 unspecified atom stereocenters. The van der Waals surface area contributed by atoms with E-state index in [9.17, 15) is 43.2 Å². The van der Waals surface area contributed by atoms with Crippen molar-refractivity contribution in [3.63, 3.8) is 0 Å². The van der Waals surface area contributed by atoms with Crippen LogP contribution in [0.25, 0.3) is 0 Å². The van der Waals surface area contributed by atoms with Crippen molar-refractivity contribution in [2.24, 2.45) is 17.8 Å². The van der Waals surface area contributed by atoms with Gasteiger partial charge in [-0.15, -0.1) is 0 Å². The van der Waals surface area contributed by atoms with Crippen molar-refractivity contribution in [3.05, 3.63) is 0 Å². The number of phosphoric ester groups is 2. The molecule has 0 fully saturated rings. The first-order valence-corrected chi connectivity index (χ1v) is 50.9. The second-order valence-electron chi connectivity index (χ2n) is 34.6. The molecule has 0 aromatic heterocycles. The summed E-state index contributed by atoms with van der Waals surface area (Å²) in [5.41, 5.74) is 0. The average Bonchev–Trinajstić information content (AvgIpc) is 0.903. The number of rotatable bonds is 91. The third-order valence-corrected chi connectivity index (χ3v) is 24.1. The van der Waals surface area contributed by atoms with Gasteiger partial charge in [-0.2, -0.15) is 0 Å². The Kier molecular flexibility index (Phi) is 81.3. The molecule has 0 amide bonds. The molecule has 0 saturated heterocycles. The van der Waals surface area contributed by atoms with Crippen LogP contribution >= 0.6 is 15.6 Å². The molecule has 0 saturated carbocycles. The molecular weight excluding hydrogens is 1450 g/mol. The third kappa shape index (κ3) is 84.5. The Morgan fingerprint density at radius 1 is 0.259 bits per heavy atom. The minimum absolute atomic E-state index is 0.108. The average molecular weight is 1630 g/mol. The van der Waals surface area contributed by atoms with E-state index in [0.717, 1.165) is 108 Å². The molecule has 17 nitrogen and oxygen atoms in total. The Bertz CT molecular complexity index is 2150. The summed E-state index contributed by atoms with van der Waals surface area (Å²) in [4.78, 5) is 73.5. The maximum Gasteiger partial charge on any atom is 0.472 e. The second-order valence-corrected chi connectivity index (χ2v) is 37.5. The first-order valence-electron chi connectivity index (χ1n) is 47.9. The number of ether oxygens (including phenoxy) is 4. The molecule has 0 aromatic carbocycles. The zero-order chi connectivity index (χ0) is 82.2. The van der Waals surface area contributed by atoms with E-state index < -0.39 is 97.5 Å². The number of esters is 4. The van der Waals surface area contributed by atoms with Gasteiger partial charge < -0.3 is 33.8 Å². The van der Waals surface area contributed by atoms with Crippen LogP contribution in [-0.4, -0.2) is 96.7 Å². The Labute approximate surface area is 689 Å². The van der Waals surface area contributed by atoms with Crippen molar-refractivity contribution in [1.82, 2.24) is 0 Å². The standard InChI is InChI=1S/C93H182O17P2/c1-8-10-11-12-13-14-15-16-17-18-19-20-24-29-34-39-46-53-60-67-74-90(95)103-80-88(109-92(97)76-69-62-55-47-40-35-30-25-22-21-23-28-33-38-45-52-59-66-73-86(7)9-2)82-107-111(99,100)105-78-87(94)79-106-112(101,102)108-83-89(81-104-91(96)75-68-61-54-49-42-44-51-58-65-72-85(5)6)110-93(98)77-70-63-56-48-41-36-31-26-27-32-37-43-50-57-64-71-84(3)4/h84-89,94H,8-83H2,1-7H3,(H,99,100)(H,101,102)/t86?,87-,88-,89-/m1/s1. The van der Waals surface area contributed by atoms with Crippen LogP contribution in [0, 0.1) is 17.8 Å². The minimum Gasteiger partial charge on any atom is -0.462 e. The highest BCUT2D eigenvalue weighted by atomic mass is 31.2. The van der Waals surface area contributed by atoms with Crippen LogP contribution in [0.2, 0.25) is 0 Å². The summed E-state index contributed by atoms with van der Waals surface area (Å²) in [6, 6.07) is 0. The first-order chi connectivity index (χ1) is 54.3. The zero-order valence-corrected chi connectivity index (χ0v) is 75.9. The van der Waals surface area contributed by atoms with Gasteiger partial charge in [-0.1, -0.05) is 447 Å². The Balaban J connectivity index is 5.25. The van der Waals surface area contributed by atoms with Crippen LogP contribution < -0.4 is 0 Å². The van der Waals surface area contributed by atoms with Crippen molar-refractivity contribution in [2.45, 2.75) is 516 Å². The fourth-order valence-corrected chi connectivity index (χ4v) is 16.2. The SMILES string of the molecule is CCCCCCCCCCCCCCCCCCCCCCC(=O)OC[C@H](COP(=O)(O)OC[C@@H](O)COP(=O)(O)OC[C@@H](COC(=O)CCCCCCCCCCCC(C)C)OC(=O)CCCCCCCCCCCCCCCCCC(C)C)OC(=O)CCCCCCCCCCCCCCCCCCCCC(C)CC. The van der Waals surface area contributed by atoms with Crippen molar-refractivity contribution >= 4 is 39.5 Å². The topological polar surface area (TPSA) is 237 Å². The molecule has 0 radical (unpaired) electrons. The summed E-state index contributed by atoms with van der Waals surface area (Å²) in [5.74, 6) is 0.321. The highest BCUT2D eigenvalue weighted by molar-refractivity contribution is 7.47. The third-order valence-electron chi connectivity index (χ3n) is 22.2. The second kappa shape index (κ2) is 82.7. The summed E-state index contributed by atoms with van der Waals surface area (Å²) in [6.45, 7) is 12.1. The number of phosphoric acid groups is 2. The summed E-state index contributed by atoms with van der Waals surface area (Å²) in [5, 5.41) is 10.7. The van der Waals surface area contributed by atoms with E-state index in [1.807, 2.05) is 0 Å². The quantitative estimate of drug-likeness (QED) is 0.0222. The number of carbonyl (C=O) groups excluding carboxylic acids is 4. The fraction of sp³-hybridized carbons (Fsp3) is 0.957. The van der Waals surface area contributed by atoms with Gasteiger partial charge in [0.2, 0.25) is 0 Å². The maximum atomic E-state index is 13.2. The van der Waals surface area contributed by atoms with Crippen molar-refractivity contribution in [1.29, 1.82) is 0 Å². The number of aliphatic hydroxyl groups is 1. The summed E-state index contributed by atoms with van der Waals surface area (Å²) >= 11 is 0. The van der Waals surface area contributed by atoms with Gasteiger partial charge in [0, 0.05) is 25.7 Å². The molecule has 0 aliphatic heterocycles. The van der Waals surface area contributed by atoms with Gasteiger partial charge in [-0.05, 0) is 43.4 Å². The molecule has 19 heteroatoms. The minimum atomic E-state index is -4.97. The smallest absolute Gasteiger partial charge is 0.462 e. The van der Waals surface area contributed by atoms with E-state index in [1.54, 1.807) is 0 Å². The van der Waals surface area contributed by atoms with Crippen LogP contribution in [0.5, 0.6) is 0 Å². The molecule has 0 spiro atoms. The van der Waals surface area contributed by atoms with E-state index in [1.165, 1.54) is 308 Å². The van der Waals surface area contributed by atoms with Gasteiger partial charge in [0.15, 0.2) is 12.2 Å². The Morgan fingerprint density at radius 3 is 0.679 bits per heavy atom. The van der Waals surface area contributed by atoms with Crippen LogP contribution in [0.15, 0.2) is 0 Å². The zero-order valence-electron chi connectivity index (χ0n) is 74.2. The molecule has 0 heterocycles. The van der Waals surface area contributed by atoms with E-state index in [2.05, 4.69) is 48.5 Å². The van der Waals surface area contributed by atoms with E-state index in [-0.39, 0.29) is 25.7 Å². The molecule has 0 bridgehead atoms. The Hall–Kier alpha value is -1.94. The van der Waals surface area contributed by atoms with E-state index in [0.29, 0.717) is 25.7 Å². The van der Waals surface area contributed by atoms with Crippen LogP contribution in [0.4, 0.5) is 0 Å². The lowest BCUT2D eigenvalue weighted by molar-refractivity contribution is -0.161. The van der Waals surface area contributed by atoms with Crippen molar-refractivity contribution in [2.75, 3.05) is 39.6 Å². The molecule has 0 aromatic rings. The molecule has 6 atom stereocenters. The van der Waals surface area contributed by atoms with Gasteiger partial charge in [0.1, 0.15) is 19.3 Å². The highest BCUT2D eigenvalue weighted by Gasteiger charge is 2.31. The lowest BCUT2D eigenvalue weighted by Gasteiger charge is -2.21. The van der Waals surface area contributed by atoms with E-state index in [4.69, 9.17) is 37.0 Å². The summed E-state index contributed by atoms with van der Waals surface area (Å²) in [7, 11) is -9.94. The van der Waals surface area contributed by atoms with Gasteiger partial charge >= 0.3 is 39.5 Å². The van der Waals surface area contributed by atoms with Gasteiger partial charge in [-0.3, -0.25) is 37.3 Å². The molecule has 0 aliphatic carbocycles. The monoisotopic (exact) mass is 1630 g/mol.